The molecule has 1 aliphatic rings. The number of halogens is 1. The number of carbonyl (C=O) groups is 1. The zero-order chi connectivity index (χ0) is 21.3. The summed E-state index contributed by atoms with van der Waals surface area (Å²) in [5.41, 5.74) is 1.55. The molecule has 1 aromatic heterocycles. The van der Waals surface area contributed by atoms with Gasteiger partial charge in [0, 0.05) is 35.3 Å². The first-order chi connectivity index (χ1) is 14.4. The van der Waals surface area contributed by atoms with E-state index in [9.17, 15) is 14.9 Å². The number of rotatable bonds is 5. The van der Waals surface area contributed by atoms with Gasteiger partial charge in [-0.3, -0.25) is 14.9 Å². The highest BCUT2D eigenvalue weighted by atomic mass is 35.5. The minimum absolute atomic E-state index is 0.0422. The van der Waals surface area contributed by atoms with Gasteiger partial charge in [0.1, 0.15) is 5.69 Å². The molecule has 3 aromatic rings. The van der Waals surface area contributed by atoms with E-state index in [2.05, 4.69) is 10.1 Å². The van der Waals surface area contributed by atoms with Crippen LogP contribution in [0.15, 0.2) is 47.0 Å². The Labute approximate surface area is 177 Å². The maximum Gasteiger partial charge on any atom is 0.293 e. The van der Waals surface area contributed by atoms with E-state index in [0.717, 1.165) is 18.4 Å². The molecule has 1 unspecified atom stereocenters. The summed E-state index contributed by atoms with van der Waals surface area (Å²) in [6.45, 7) is 2.58. The molecule has 2 heterocycles. The summed E-state index contributed by atoms with van der Waals surface area (Å²) < 4.78 is 5.50. The smallest absolute Gasteiger partial charge is 0.293 e. The molecule has 1 saturated heterocycles. The monoisotopic (exact) mass is 426 g/mol. The van der Waals surface area contributed by atoms with E-state index in [4.69, 9.17) is 16.1 Å². The first kappa shape index (κ1) is 20.0. The lowest BCUT2D eigenvalue weighted by molar-refractivity contribution is -0.384. The lowest BCUT2D eigenvalue weighted by atomic mass is 9.97. The van der Waals surface area contributed by atoms with Gasteiger partial charge in [-0.25, -0.2) is 0 Å². The van der Waals surface area contributed by atoms with Crippen molar-refractivity contribution in [2.75, 3.05) is 18.0 Å². The molecule has 1 aliphatic heterocycles. The lowest BCUT2D eigenvalue weighted by Gasteiger charge is -2.32. The number of Topliss-reactive ketones (excluding diaryl/α,β-unsaturated/α-hetero) is 1. The maximum atomic E-state index is 11.6. The van der Waals surface area contributed by atoms with Crippen molar-refractivity contribution in [2.45, 2.75) is 25.7 Å². The summed E-state index contributed by atoms with van der Waals surface area (Å²) in [4.78, 5) is 29.2. The van der Waals surface area contributed by atoms with E-state index < -0.39 is 4.92 Å². The summed E-state index contributed by atoms with van der Waals surface area (Å²) in [6, 6.07) is 11.8. The number of nitro benzene ring substituents is 1. The largest absolute Gasteiger partial charge is 0.365 e. The summed E-state index contributed by atoms with van der Waals surface area (Å²) in [5, 5.41) is 16.3. The molecule has 0 saturated carbocycles. The van der Waals surface area contributed by atoms with Gasteiger partial charge in [0.05, 0.1) is 10.8 Å². The van der Waals surface area contributed by atoms with Gasteiger partial charge in [-0.2, -0.15) is 4.98 Å². The highest BCUT2D eigenvalue weighted by Crippen LogP contribution is 2.35. The molecule has 2 aromatic carbocycles. The number of nitrogens with zero attached hydrogens (tertiary/aromatic N) is 4. The summed E-state index contributed by atoms with van der Waals surface area (Å²) >= 11 is 5.93. The Balaban J connectivity index is 1.58. The first-order valence-electron chi connectivity index (χ1n) is 9.56. The van der Waals surface area contributed by atoms with Gasteiger partial charge in [0.25, 0.3) is 5.69 Å². The SMILES string of the molecule is CC(=O)c1ccc(N2CCCC(c3nc(-c4ccc(Cl)cc4)no3)C2)c([N+](=O)[O-])c1. The minimum Gasteiger partial charge on any atom is -0.365 e. The molecule has 9 heteroatoms. The van der Waals surface area contributed by atoms with Crippen LogP contribution in [0.3, 0.4) is 0 Å². The van der Waals surface area contributed by atoms with Gasteiger partial charge in [-0.05, 0) is 56.2 Å². The molecule has 0 N–H and O–H groups in total. The Bertz CT molecular complexity index is 1100. The number of piperidine rings is 1. The fourth-order valence-corrected chi connectivity index (χ4v) is 3.80. The van der Waals surface area contributed by atoms with Crippen molar-refractivity contribution >= 4 is 28.8 Å². The fraction of sp³-hybridized carbons (Fsp3) is 0.286. The number of aromatic nitrogens is 2. The predicted molar refractivity (Wildman–Crippen MR) is 112 cm³/mol. The van der Waals surface area contributed by atoms with Gasteiger partial charge in [0.2, 0.25) is 11.7 Å². The number of hydrogen-bond donors (Lipinski definition) is 0. The van der Waals surface area contributed by atoms with Crippen LogP contribution in [-0.2, 0) is 0 Å². The third-order valence-corrected chi connectivity index (χ3v) is 5.49. The molecule has 0 bridgehead atoms. The predicted octanol–water partition coefficient (Wildman–Crippen LogP) is 4.88. The lowest BCUT2D eigenvalue weighted by Crippen LogP contribution is -2.35. The molecule has 154 valence electrons. The van der Waals surface area contributed by atoms with Crippen molar-refractivity contribution in [3.8, 4) is 11.4 Å². The second kappa shape index (κ2) is 8.23. The van der Waals surface area contributed by atoms with Crippen LogP contribution in [0.1, 0.15) is 41.9 Å². The molecule has 8 nitrogen and oxygen atoms in total. The van der Waals surface area contributed by atoms with Crippen LogP contribution in [0.2, 0.25) is 5.02 Å². The van der Waals surface area contributed by atoms with E-state index in [0.29, 0.717) is 41.1 Å². The molecule has 0 spiro atoms. The number of benzene rings is 2. The van der Waals surface area contributed by atoms with E-state index in [1.54, 1.807) is 24.3 Å². The molecule has 0 aliphatic carbocycles. The van der Waals surface area contributed by atoms with Gasteiger partial charge in [-0.15, -0.1) is 0 Å². The van der Waals surface area contributed by atoms with E-state index in [-0.39, 0.29) is 17.4 Å². The van der Waals surface area contributed by atoms with Gasteiger partial charge in [0.15, 0.2) is 5.78 Å². The van der Waals surface area contributed by atoms with Crippen molar-refractivity contribution in [2.24, 2.45) is 0 Å². The summed E-state index contributed by atoms with van der Waals surface area (Å²) in [7, 11) is 0. The van der Waals surface area contributed by atoms with Crippen LogP contribution in [-0.4, -0.2) is 33.9 Å². The maximum absolute atomic E-state index is 11.6. The van der Waals surface area contributed by atoms with E-state index in [1.807, 2.05) is 17.0 Å². The number of carbonyl (C=O) groups excluding carboxylic acids is 1. The third kappa shape index (κ3) is 4.04. The van der Waals surface area contributed by atoms with Crippen LogP contribution in [0.25, 0.3) is 11.4 Å². The molecule has 4 rings (SSSR count). The van der Waals surface area contributed by atoms with Crippen LogP contribution < -0.4 is 4.90 Å². The average Bonchev–Trinajstić information content (AvgIpc) is 3.24. The van der Waals surface area contributed by atoms with Crippen molar-refractivity contribution in [3.05, 3.63) is 69.1 Å². The second-order valence-electron chi connectivity index (χ2n) is 7.27. The van der Waals surface area contributed by atoms with Crippen LogP contribution >= 0.6 is 11.6 Å². The van der Waals surface area contributed by atoms with Crippen LogP contribution in [0.4, 0.5) is 11.4 Å². The number of nitro groups is 1. The molecule has 30 heavy (non-hydrogen) atoms. The molecule has 1 atom stereocenters. The normalized spacial score (nSPS) is 16.5. The van der Waals surface area contributed by atoms with E-state index in [1.165, 1.54) is 13.0 Å². The topological polar surface area (TPSA) is 102 Å². The molecule has 1 fully saturated rings. The Morgan fingerprint density at radius 2 is 2.03 bits per heavy atom. The van der Waals surface area contributed by atoms with Crippen LogP contribution in [0.5, 0.6) is 0 Å². The summed E-state index contributed by atoms with van der Waals surface area (Å²) in [5.74, 6) is 0.740. The molecule has 0 amide bonds. The number of hydrogen-bond acceptors (Lipinski definition) is 7. The molecule has 0 radical (unpaired) electrons. The zero-order valence-electron chi connectivity index (χ0n) is 16.2. The van der Waals surface area contributed by atoms with Gasteiger partial charge >= 0.3 is 0 Å². The zero-order valence-corrected chi connectivity index (χ0v) is 17.0. The quantitative estimate of drug-likeness (QED) is 0.325. The Morgan fingerprint density at radius 1 is 1.27 bits per heavy atom. The standard InChI is InChI=1S/C21H19ClN4O4/c1-13(27)15-6-9-18(19(11-15)26(28)29)25-10-2-3-16(12-25)21-23-20(24-30-21)14-4-7-17(22)8-5-14/h4-9,11,16H,2-3,10,12H2,1H3. The first-order valence-corrected chi connectivity index (χ1v) is 9.94. The number of anilines is 1. The Morgan fingerprint density at radius 3 is 2.73 bits per heavy atom. The Kier molecular flexibility index (Phi) is 5.50. The highest BCUT2D eigenvalue weighted by molar-refractivity contribution is 6.30. The minimum atomic E-state index is -0.448. The molecular formula is C21H19ClN4O4. The van der Waals surface area contributed by atoms with Crippen molar-refractivity contribution in [1.29, 1.82) is 0 Å². The van der Waals surface area contributed by atoms with Crippen molar-refractivity contribution in [1.82, 2.24) is 10.1 Å². The molecular weight excluding hydrogens is 408 g/mol. The third-order valence-electron chi connectivity index (χ3n) is 5.23. The Hall–Kier alpha value is -3.26. The van der Waals surface area contributed by atoms with Crippen molar-refractivity contribution in [3.63, 3.8) is 0 Å². The summed E-state index contributed by atoms with van der Waals surface area (Å²) in [6.07, 6.45) is 1.67. The number of ketones is 1. The van der Waals surface area contributed by atoms with Crippen LogP contribution in [0, 0.1) is 10.1 Å². The highest BCUT2D eigenvalue weighted by Gasteiger charge is 2.30. The fourth-order valence-electron chi connectivity index (χ4n) is 3.67. The van der Waals surface area contributed by atoms with Gasteiger partial charge in [-0.1, -0.05) is 16.8 Å². The van der Waals surface area contributed by atoms with E-state index >= 15 is 0 Å². The second-order valence-corrected chi connectivity index (χ2v) is 7.70. The van der Waals surface area contributed by atoms with Gasteiger partial charge < -0.3 is 9.42 Å². The average molecular weight is 427 g/mol. The van der Waals surface area contributed by atoms with Crippen molar-refractivity contribution < 1.29 is 14.2 Å².